The number of hydrogen-bond acceptors (Lipinski definition) is 2. The van der Waals surface area contributed by atoms with Crippen LogP contribution < -0.4 is 5.32 Å². The van der Waals surface area contributed by atoms with Crippen LogP contribution in [0.1, 0.15) is 26.7 Å². The second-order valence-electron chi connectivity index (χ2n) is 2.98. The average Bonchev–Trinajstić information content (AvgIpc) is 1.95. The highest BCUT2D eigenvalue weighted by Crippen LogP contribution is 2.12. The summed E-state index contributed by atoms with van der Waals surface area (Å²) in [5, 5.41) is 3.38. The Morgan fingerprint density at radius 2 is 2.30 bits per heavy atom. The van der Waals surface area contributed by atoms with Crippen molar-refractivity contribution in [3.63, 3.8) is 0 Å². The summed E-state index contributed by atoms with van der Waals surface area (Å²) in [6.07, 6.45) is 2.96. The molecule has 1 rings (SSSR count). The number of rotatable bonds is 2. The second kappa shape index (κ2) is 3.94. The third-order valence-corrected chi connectivity index (χ3v) is 2.00. The molecule has 10 heavy (non-hydrogen) atoms. The average molecular weight is 143 g/mol. The van der Waals surface area contributed by atoms with Crippen LogP contribution >= 0.6 is 0 Å². The van der Waals surface area contributed by atoms with Gasteiger partial charge in [0.25, 0.3) is 0 Å². The standard InChI is InChI=1S/C8H17NO/c1-3-9-8-5-4-7(2)10-6-8/h7-9H,3-6H2,1-2H3. The number of hydrogen-bond donors (Lipinski definition) is 1. The molecule has 1 aliphatic heterocycles. The van der Waals surface area contributed by atoms with Gasteiger partial charge in [-0.2, -0.15) is 0 Å². The summed E-state index contributed by atoms with van der Waals surface area (Å²) in [6.45, 7) is 6.23. The maximum Gasteiger partial charge on any atom is 0.0623 e. The van der Waals surface area contributed by atoms with E-state index in [1.54, 1.807) is 0 Å². The van der Waals surface area contributed by atoms with E-state index in [2.05, 4.69) is 19.2 Å². The van der Waals surface area contributed by atoms with Crippen LogP contribution in [0.25, 0.3) is 0 Å². The maximum atomic E-state index is 5.48. The van der Waals surface area contributed by atoms with Crippen molar-refractivity contribution in [3.05, 3.63) is 0 Å². The molecule has 0 saturated carbocycles. The Labute approximate surface area is 63.0 Å². The maximum absolute atomic E-state index is 5.48. The lowest BCUT2D eigenvalue weighted by atomic mass is 10.1. The molecule has 2 nitrogen and oxygen atoms in total. The van der Waals surface area contributed by atoms with E-state index in [-0.39, 0.29) is 0 Å². The minimum atomic E-state index is 0.481. The molecule has 2 heteroatoms. The summed E-state index contributed by atoms with van der Waals surface area (Å²) in [5.74, 6) is 0. The highest BCUT2D eigenvalue weighted by molar-refractivity contribution is 4.72. The number of nitrogens with one attached hydrogen (secondary N) is 1. The molecule has 0 amide bonds. The van der Waals surface area contributed by atoms with Gasteiger partial charge >= 0.3 is 0 Å². The summed E-state index contributed by atoms with van der Waals surface area (Å²) >= 11 is 0. The van der Waals surface area contributed by atoms with Crippen molar-refractivity contribution < 1.29 is 4.74 Å². The molecule has 2 atom stereocenters. The van der Waals surface area contributed by atoms with Crippen molar-refractivity contribution in [1.29, 1.82) is 0 Å². The molecule has 1 N–H and O–H groups in total. The van der Waals surface area contributed by atoms with Crippen LogP contribution in [0.4, 0.5) is 0 Å². The molecule has 0 radical (unpaired) electrons. The quantitative estimate of drug-likeness (QED) is 0.626. The van der Waals surface area contributed by atoms with Crippen molar-refractivity contribution in [3.8, 4) is 0 Å². The molecule has 0 aromatic heterocycles. The van der Waals surface area contributed by atoms with Gasteiger partial charge < -0.3 is 10.1 Å². The van der Waals surface area contributed by atoms with E-state index in [9.17, 15) is 0 Å². The smallest absolute Gasteiger partial charge is 0.0623 e. The molecule has 1 fully saturated rings. The fourth-order valence-corrected chi connectivity index (χ4v) is 1.33. The van der Waals surface area contributed by atoms with Gasteiger partial charge in [-0.1, -0.05) is 6.92 Å². The van der Waals surface area contributed by atoms with E-state index in [1.165, 1.54) is 12.8 Å². The van der Waals surface area contributed by atoms with Crippen LogP contribution in [0.2, 0.25) is 0 Å². The van der Waals surface area contributed by atoms with Crippen molar-refractivity contribution in [2.45, 2.75) is 38.8 Å². The molecule has 0 aromatic rings. The van der Waals surface area contributed by atoms with E-state index < -0.39 is 0 Å². The minimum Gasteiger partial charge on any atom is -0.377 e. The minimum absolute atomic E-state index is 0.481. The molecule has 0 spiro atoms. The van der Waals surface area contributed by atoms with Gasteiger partial charge in [-0.3, -0.25) is 0 Å². The zero-order valence-electron chi connectivity index (χ0n) is 6.89. The largest absolute Gasteiger partial charge is 0.377 e. The zero-order valence-corrected chi connectivity index (χ0v) is 6.89. The van der Waals surface area contributed by atoms with Crippen LogP contribution in [0.15, 0.2) is 0 Å². The molecule has 0 aromatic carbocycles. The SMILES string of the molecule is CCNC1CCC(C)OC1. The Kier molecular flexibility index (Phi) is 3.16. The predicted octanol–water partition coefficient (Wildman–Crippen LogP) is 1.16. The molecule has 1 aliphatic rings. The monoisotopic (exact) mass is 143 g/mol. The third-order valence-electron chi connectivity index (χ3n) is 2.00. The molecule has 1 saturated heterocycles. The van der Waals surface area contributed by atoms with Gasteiger partial charge in [-0.15, -0.1) is 0 Å². The van der Waals surface area contributed by atoms with Crippen molar-refractivity contribution >= 4 is 0 Å². The van der Waals surface area contributed by atoms with Gasteiger partial charge in [0.1, 0.15) is 0 Å². The molecule has 0 bridgehead atoms. The van der Waals surface area contributed by atoms with Crippen LogP contribution in [0.3, 0.4) is 0 Å². The van der Waals surface area contributed by atoms with E-state index in [4.69, 9.17) is 4.74 Å². The summed E-state index contributed by atoms with van der Waals surface area (Å²) in [4.78, 5) is 0. The summed E-state index contributed by atoms with van der Waals surface area (Å²) < 4.78 is 5.48. The van der Waals surface area contributed by atoms with Gasteiger partial charge in [0.2, 0.25) is 0 Å². The fourth-order valence-electron chi connectivity index (χ4n) is 1.33. The molecule has 0 aliphatic carbocycles. The summed E-state index contributed by atoms with van der Waals surface area (Å²) in [6, 6.07) is 0.612. The first kappa shape index (κ1) is 8.02. The second-order valence-corrected chi connectivity index (χ2v) is 2.98. The van der Waals surface area contributed by atoms with Crippen molar-refractivity contribution in [1.82, 2.24) is 5.32 Å². The molecule has 60 valence electrons. The van der Waals surface area contributed by atoms with Gasteiger partial charge in [0.15, 0.2) is 0 Å². The van der Waals surface area contributed by atoms with Gasteiger partial charge in [0, 0.05) is 6.04 Å². The number of likely N-dealkylation sites (N-methyl/N-ethyl adjacent to an activating group) is 1. The Hall–Kier alpha value is -0.0800. The Morgan fingerprint density at radius 1 is 1.50 bits per heavy atom. The predicted molar refractivity (Wildman–Crippen MR) is 42.1 cm³/mol. The first-order chi connectivity index (χ1) is 4.83. The van der Waals surface area contributed by atoms with Crippen molar-refractivity contribution in [2.75, 3.05) is 13.2 Å². The van der Waals surface area contributed by atoms with Crippen LogP contribution in [-0.2, 0) is 4.74 Å². The number of ether oxygens (including phenoxy) is 1. The lowest BCUT2D eigenvalue weighted by Crippen LogP contribution is -2.38. The van der Waals surface area contributed by atoms with E-state index in [1.807, 2.05) is 0 Å². The first-order valence-corrected chi connectivity index (χ1v) is 4.18. The fraction of sp³-hybridized carbons (Fsp3) is 1.00. The van der Waals surface area contributed by atoms with Crippen LogP contribution in [0.5, 0.6) is 0 Å². The van der Waals surface area contributed by atoms with Crippen LogP contribution in [-0.4, -0.2) is 25.3 Å². The lowest BCUT2D eigenvalue weighted by molar-refractivity contribution is 0.00909. The van der Waals surface area contributed by atoms with E-state index in [0.29, 0.717) is 12.1 Å². The molecular weight excluding hydrogens is 126 g/mol. The Morgan fingerprint density at radius 3 is 2.80 bits per heavy atom. The lowest BCUT2D eigenvalue weighted by Gasteiger charge is -2.27. The normalized spacial score (nSPS) is 34.2. The topological polar surface area (TPSA) is 21.3 Å². The first-order valence-electron chi connectivity index (χ1n) is 4.18. The third kappa shape index (κ3) is 2.27. The summed E-state index contributed by atoms with van der Waals surface area (Å²) in [5.41, 5.74) is 0. The Balaban J connectivity index is 2.13. The Bertz CT molecular complexity index is 87.3. The molecular formula is C8H17NO. The highest BCUT2D eigenvalue weighted by atomic mass is 16.5. The van der Waals surface area contributed by atoms with Gasteiger partial charge in [-0.25, -0.2) is 0 Å². The van der Waals surface area contributed by atoms with E-state index >= 15 is 0 Å². The summed E-state index contributed by atoms with van der Waals surface area (Å²) in [7, 11) is 0. The van der Waals surface area contributed by atoms with Crippen LogP contribution in [0, 0.1) is 0 Å². The van der Waals surface area contributed by atoms with Gasteiger partial charge in [0.05, 0.1) is 12.7 Å². The molecule has 1 heterocycles. The van der Waals surface area contributed by atoms with Gasteiger partial charge in [-0.05, 0) is 26.3 Å². The van der Waals surface area contributed by atoms with Crippen molar-refractivity contribution in [2.24, 2.45) is 0 Å². The highest BCUT2D eigenvalue weighted by Gasteiger charge is 2.16. The zero-order chi connectivity index (χ0) is 7.40. The van der Waals surface area contributed by atoms with E-state index in [0.717, 1.165) is 13.2 Å². The molecule has 2 unspecified atom stereocenters.